The van der Waals surface area contributed by atoms with Crippen molar-refractivity contribution in [2.75, 3.05) is 24.0 Å². The average Bonchev–Trinajstić information content (AvgIpc) is 2.60. The Bertz CT molecular complexity index is 485. The van der Waals surface area contributed by atoms with Gasteiger partial charge in [0.25, 0.3) is 0 Å². The van der Waals surface area contributed by atoms with E-state index in [1.807, 2.05) is 26.4 Å². The molecule has 0 rings (SSSR count). The van der Waals surface area contributed by atoms with Crippen molar-refractivity contribution in [3.05, 3.63) is 0 Å². The van der Waals surface area contributed by atoms with Gasteiger partial charge in [0.05, 0.1) is 12.0 Å². The lowest BCUT2D eigenvalue weighted by Gasteiger charge is -2.23. The molecule has 156 valence electrons. The van der Waals surface area contributed by atoms with Gasteiger partial charge in [0.1, 0.15) is 6.29 Å². The van der Waals surface area contributed by atoms with Crippen LogP contribution in [0.1, 0.15) is 46.0 Å². The van der Waals surface area contributed by atoms with E-state index in [1.165, 1.54) is 0 Å². The predicted octanol–water partition coefficient (Wildman–Crippen LogP) is 2.89. The largest absolute Gasteiger partial charge is 0.481 e. The molecule has 0 aromatic rings. The lowest BCUT2D eigenvalue weighted by molar-refractivity contribution is -0.144. The van der Waals surface area contributed by atoms with Crippen LogP contribution in [-0.2, 0) is 19.2 Å². The van der Waals surface area contributed by atoms with Crippen LogP contribution in [0, 0.1) is 17.8 Å². The standard InChI is InChI=1S/C19H33NO5S2/c1-13(2)11-16(17(22)12-15(19(24)25)7-10-27-4)20-18(23)14(5-8-21)6-9-26-3/h8,13-16H,5-7,9-12H2,1-4H3,(H,20,23)(H,24,25). The summed E-state index contributed by atoms with van der Waals surface area (Å²) in [4.78, 5) is 47.6. The number of hydrogen-bond donors (Lipinski definition) is 2. The molecular weight excluding hydrogens is 386 g/mol. The topological polar surface area (TPSA) is 101 Å². The van der Waals surface area contributed by atoms with Crippen molar-refractivity contribution >= 4 is 47.5 Å². The molecule has 0 aliphatic heterocycles. The van der Waals surface area contributed by atoms with Gasteiger partial charge in [0, 0.05) is 18.8 Å². The average molecular weight is 420 g/mol. The van der Waals surface area contributed by atoms with Gasteiger partial charge in [-0.3, -0.25) is 14.4 Å². The van der Waals surface area contributed by atoms with Crippen LogP contribution in [0.2, 0.25) is 0 Å². The molecule has 2 N–H and O–H groups in total. The minimum Gasteiger partial charge on any atom is -0.481 e. The number of Topliss-reactive ketones (excluding diaryl/α,β-unsaturated/α-hetero) is 1. The third-order valence-electron chi connectivity index (χ3n) is 4.30. The molecule has 0 spiro atoms. The van der Waals surface area contributed by atoms with Crippen LogP contribution in [0.15, 0.2) is 0 Å². The zero-order valence-electron chi connectivity index (χ0n) is 16.7. The van der Waals surface area contributed by atoms with Gasteiger partial charge in [-0.2, -0.15) is 23.5 Å². The third-order valence-corrected chi connectivity index (χ3v) is 5.59. The van der Waals surface area contributed by atoms with Gasteiger partial charge in [-0.05, 0) is 49.2 Å². The van der Waals surface area contributed by atoms with Crippen molar-refractivity contribution in [3.8, 4) is 0 Å². The molecule has 0 saturated carbocycles. The number of ketones is 1. The molecule has 0 bridgehead atoms. The smallest absolute Gasteiger partial charge is 0.306 e. The van der Waals surface area contributed by atoms with Crippen LogP contribution in [0.25, 0.3) is 0 Å². The highest BCUT2D eigenvalue weighted by Crippen LogP contribution is 2.18. The van der Waals surface area contributed by atoms with Gasteiger partial charge in [-0.25, -0.2) is 0 Å². The van der Waals surface area contributed by atoms with Gasteiger partial charge < -0.3 is 15.2 Å². The Kier molecular flexibility index (Phi) is 14.4. The minimum atomic E-state index is -0.981. The van der Waals surface area contributed by atoms with Gasteiger partial charge in [-0.1, -0.05) is 13.8 Å². The zero-order valence-corrected chi connectivity index (χ0v) is 18.4. The zero-order chi connectivity index (χ0) is 20.8. The minimum absolute atomic E-state index is 0.0866. The van der Waals surface area contributed by atoms with Gasteiger partial charge in [-0.15, -0.1) is 0 Å². The van der Waals surface area contributed by atoms with E-state index in [9.17, 15) is 24.3 Å². The summed E-state index contributed by atoms with van der Waals surface area (Å²) in [5.41, 5.74) is 0. The number of aldehydes is 1. The number of amides is 1. The fourth-order valence-electron chi connectivity index (χ4n) is 2.72. The molecule has 1 amide bonds. The van der Waals surface area contributed by atoms with E-state index in [2.05, 4.69) is 5.32 Å². The first kappa shape index (κ1) is 26.0. The molecule has 0 saturated heterocycles. The first-order valence-corrected chi connectivity index (χ1v) is 12.0. The number of hydrogen-bond acceptors (Lipinski definition) is 6. The lowest BCUT2D eigenvalue weighted by Crippen LogP contribution is -2.45. The third kappa shape index (κ3) is 11.4. The fourth-order valence-corrected chi connectivity index (χ4v) is 3.76. The molecule has 6 nitrogen and oxygen atoms in total. The van der Waals surface area contributed by atoms with Crippen LogP contribution in [0.5, 0.6) is 0 Å². The molecule has 0 heterocycles. The van der Waals surface area contributed by atoms with Crippen LogP contribution in [0.3, 0.4) is 0 Å². The number of carboxylic acids is 1. The second-order valence-corrected chi connectivity index (χ2v) is 9.03. The monoisotopic (exact) mass is 419 g/mol. The van der Waals surface area contributed by atoms with Crippen molar-refractivity contribution in [3.63, 3.8) is 0 Å². The summed E-state index contributed by atoms with van der Waals surface area (Å²) in [6.45, 7) is 3.90. The Labute approximate surface area is 171 Å². The van der Waals surface area contributed by atoms with E-state index in [0.717, 1.165) is 12.0 Å². The molecule has 0 aromatic heterocycles. The van der Waals surface area contributed by atoms with Crippen molar-refractivity contribution < 1.29 is 24.3 Å². The fraction of sp³-hybridized carbons (Fsp3) is 0.789. The Balaban J connectivity index is 5.11. The summed E-state index contributed by atoms with van der Waals surface area (Å²) < 4.78 is 0. The van der Waals surface area contributed by atoms with Gasteiger partial charge in [0.2, 0.25) is 5.91 Å². The van der Waals surface area contributed by atoms with E-state index in [-0.39, 0.29) is 30.4 Å². The molecule has 3 unspecified atom stereocenters. The lowest BCUT2D eigenvalue weighted by atomic mass is 9.91. The summed E-state index contributed by atoms with van der Waals surface area (Å²) in [5.74, 6) is -1.13. The van der Waals surface area contributed by atoms with Crippen molar-refractivity contribution in [2.45, 2.75) is 52.0 Å². The summed E-state index contributed by atoms with van der Waals surface area (Å²) >= 11 is 3.14. The van der Waals surface area contributed by atoms with Gasteiger partial charge >= 0.3 is 5.97 Å². The highest BCUT2D eigenvalue weighted by atomic mass is 32.2. The highest BCUT2D eigenvalue weighted by molar-refractivity contribution is 7.98. The predicted molar refractivity (Wildman–Crippen MR) is 112 cm³/mol. The molecule has 0 fully saturated rings. The Morgan fingerprint density at radius 1 is 1.04 bits per heavy atom. The second kappa shape index (κ2) is 15.0. The van der Waals surface area contributed by atoms with Crippen LogP contribution < -0.4 is 5.32 Å². The number of aliphatic carboxylic acids is 1. The van der Waals surface area contributed by atoms with E-state index in [4.69, 9.17) is 0 Å². The summed E-state index contributed by atoms with van der Waals surface area (Å²) in [5, 5.41) is 12.1. The second-order valence-electron chi connectivity index (χ2n) is 7.06. The maximum atomic E-state index is 12.7. The maximum Gasteiger partial charge on any atom is 0.306 e. The number of carbonyl (C=O) groups is 4. The first-order valence-electron chi connectivity index (χ1n) is 9.24. The number of rotatable bonds is 16. The van der Waals surface area contributed by atoms with Crippen molar-refractivity contribution in [2.24, 2.45) is 17.8 Å². The van der Waals surface area contributed by atoms with Gasteiger partial charge in [0.15, 0.2) is 5.78 Å². The molecule has 0 aliphatic carbocycles. The van der Waals surface area contributed by atoms with E-state index < -0.39 is 23.8 Å². The summed E-state index contributed by atoms with van der Waals surface area (Å²) in [7, 11) is 0. The summed E-state index contributed by atoms with van der Waals surface area (Å²) in [6.07, 6.45) is 6.04. The van der Waals surface area contributed by atoms with Crippen molar-refractivity contribution in [1.29, 1.82) is 0 Å². The normalized spacial score (nSPS) is 14.4. The number of carbonyl (C=O) groups excluding carboxylic acids is 3. The molecule has 0 radical (unpaired) electrons. The number of thioether (sulfide) groups is 2. The Morgan fingerprint density at radius 2 is 1.59 bits per heavy atom. The molecule has 3 atom stereocenters. The first-order chi connectivity index (χ1) is 12.8. The molecule has 27 heavy (non-hydrogen) atoms. The summed E-state index contributed by atoms with van der Waals surface area (Å²) in [6, 6.07) is -0.711. The van der Waals surface area contributed by atoms with Crippen LogP contribution >= 0.6 is 23.5 Å². The van der Waals surface area contributed by atoms with Crippen molar-refractivity contribution in [1.82, 2.24) is 5.32 Å². The molecule has 0 aromatic carbocycles. The molecule has 8 heteroatoms. The number of nitrogens with one attached hydrogen (secondary N) is 1. The Hall–Kier alpha value is -1.02. The Morgan fingerprint density at radius 3 is 2.04 bits per heavy atom. The molecule has 0 aliphatic rings. The SMILES string of the molecule is CSCCC(CC(=O)C(CC(C)C)NC(=O)C(CC=O)CCSC)C(=O)O. The van der Waals surface area contributed by atoms with Crippen LogP contribution in [0.4, 0.5) is 0 Å². The van der Waals surface area contributed by atoms with E-state index in [1.54, 1.807) is 23.5 Å². The highest BCUT2D eigenvalue weighted by Gasteiger charge is 2.29. The number of carboxylic acid groups (broad SMARTS) is 1. The maximum absolute atomic E-state index is 12.7. The van der Waals surface area contributed by atoms with E-state index in [0.29, 0.717) is 25.0 Å². The van der Waals surface area contributed by atoms with Crippen LogP contribution in [-0.4, -0.2) is 59.1 Å². The molecular formula is C19H33NO5S2. The quantitative estimate of drug-likeness (QED) is 0.371. The van der Waals surface area contributed by atoms with E-state index >= 15 is 0 Å².